The van der Waals surface area contributed by atoms with Gasteiger partial charge in [-0.25, -0.2) is 4.98 Å². The van der Waals surface area contributed by atoms with E-state index < -0.39 is 6.10 Å². The zero-order valence-corrected chi connectivity index (χ0v) is 18.9. The van der Waals surface area contributed by atoms with Crippen molar-refractivity contribution in [3.05, 3.63) is 48.5 Å². The number of nitrogens with one attached hydrogen (secondary N) is 1. The van der Waals surface area contributed by atoms with Gasteiger partial charge in [-0.15, -0.1) is 0 Å². The average Bonchev–Trinajstić information content (AvgIpc) is 3.21. The van der Waals surface area contributed by atoms with Gasteiger partial charge in [0, 0.05) is 32.7 Å². The molecule has 0 radical (unpaired) electrons. The Hall–Kier alpha value is -2.72. The molecule has 0 saturated carbocycles. The SMILES string of the molecule is COc1ccccc1OCC(O)CN1CCN(CC(=O)Nc2nc3ccccc3s2)CC1. The topological polar surface area (TPSA) is 87.2 Å². The summed E-state index contributed by atoms with van der Waals surface area (Å²) in [6.45, 7) is 4.19. The molecule has 170 valence electrons. The molecule has 1 atom stereocenters. The van der Waals surface area contributed by atoms with Gasteiger partial charge >= 0.3 is 0 Å². The first kappa shape index (κ1) is 22.5. The number of aliphatic hydroxyl groups is 1. The van der Waals surface area contributed by atoms with Crippen molar-refractivity contribution in [1.29, 1.82) is 0 Å². The summed E-state index contributed by atoms with van der Waals surface area (Å²) in [5.41, 5.74) is 0.898. The van der Waals surface area contributed by atoms with Crippen LogP contribution in [0.2, 0.25) is 0 Å². The molecular weight excluding hydrogens is 428 g/mol. The van der Waals surface area contributed by atoms with Crippen LogP contribution in [0.4, 0.5) is 5.13 Å². The highest BCUT2D eigenvalue weighted by Crippen LogP contribution is 2.26. The van der Waals surface area contributed by atoms with Crippen molar-refractivity contribution in [3.63, 3.8) is 0 Å². The summed E-state index contributed by atoms with van der Waals surface area (Å²) < 4.78 is 12.0. The summed E-state index contributed by atoms with van der Waals surface area (Å²) in [7, 11) is 1.59. The first-order valence-corrected chi connectivity index (χ1v) is 11.5. The molecule has 0 aliphatic carbocycles. The maximum atomic E-state index is 12.4. The third-order valence-corrected chi connectivity index (χ3v) is 6.29. The zero-order chi connectivity index (χ0) is 22.3. The Morgan fingerprint density at radius 1 is 1.09 bits per heavy atom. The number of amides is 1. The van der Waals surface area contributed by atoms with Gasteiger partial charge in [0.2, 0.25) is 5.91 Å². The van der Waals surface area contributed by atoms with E-state index in [1.807, 2.05) is 48.5 Å². The molecule has 1 unspecified atom stereocenters. The van der Waals surface area contributed by atoms with Crippen LogP contribution in [0.3, 0.4) is 0 Å². The predicted molar refractivity (Wildman–Crippen MR) is 126 cm³/mol. The first-order chi connectivity index (χ1) is 15.6. The van der Waals surface area contributed by atoms with Gasteiger partial charge in [0.25, 0.3) is 0 Å². The summed E-state index contributed by atoms with van der Waals surface area (Å²) in [5.74, 6) is 1.22. The number of aromatic nitrogens is 1. The lowest BCUT2D eigenvalue weighted by Crippen LogP contribution is -2.50. The number of piperazine rings is 1. The van der Waals surface area contributed by atoms with Crippen molar-refractivity contribution in [2.45, 2.75) is 6.10 Å². The second kappa shape index (κ2) is 10.7. The second-order valence-corrected chi connectivity index (χ2v) is 8.76. The van der Waals surface area contributed by atoms with Gasteiger partial charge < -0.3 is 19.9 Å². The fourth-order valence-electron chi connectivity index (χ4n) is 3.69. The lowest BCUT2D eigenvalue weighted by atomic mass is 10.2. The van der Waals surface area contributed by atoms with Gasteiger partial charge in [-0.2, -0.15) is 0 Å². The van der Waals surface area contributed by atoms with E-state index in [1.165, 1.54) is 11.3 Å². The van der Waals surface area contributed by atoms with Crippen LogP contribution in [0.5, 0.6) is 11.5 Å². The van der Waals surface area contributed by atoms with E-state index in [1.54, 1.807) is 7.11 Å². The fraction of sp³-hybridized carbons (Fsp3) is 0.391. The lowest BCUT2D eigenvalue weighted by Gasteiger charge is -2.35. The van der Waals surface area contributed by atoms with Crippen molar-refractivity contribution >= 4 is 32.6 Å². The number of carbonyl (C=O) groups is 1. The summed E-state index contributed by atoms with van der Waals surface area (Å²) >= 11 is 1.48. The Labute approximate surface area is 191 Å². The molecule has 1 amide bonds. The standard InChI is InChI=1S/C23H28N4O4S/c1-30-19-7-3-4-8-20(19)31-16-17(28)14-26-10-12-27(13-11-26)15-22(29)25-23-24-18-6-2-5-9-21(18)32-23/h2-9,17,28H,10-16H2,1H3,(H,24,25,29). The maximum absolute atomic E-state index is 12.4. The number of nitrogens with zero attached hydrogens (tertiary/aromatic N) is 3. The Kier molecular flexibility index (Phi) is 7.54. The van der Waals surface area contributed by atoms with Crippen LogP contribution >= 0.6 is 11.3 Å². The molecule has 1 fully saturated rings. The molecule has 32 heavy (non-hydrogen) atoms. The summed E-state index contributed by atoms with van der Waals surface area (Å²) in [4.78, 5) is 21.2. The van der Waals surface area contributed by atoms with E-state index in [9.17, 15) is 9.90 Å². The van der Waals surface area contributed by atoms with Crippen molar-refractivity contribution in [3.8, 4) is 11.5 Å². The minimum atomic E-state index is -0.603. The number of aliphatic hydroxyl groups excluding tert-OH is 1. The normalized spacial score (nSPS) is 16.1. The van der Waals surface area contributed by atoms with Crippen LogP contribution < -0.4 is 14.8 Å². The highest BCUT2D eigenvalue weighted by Gasteiger charge is 2.21. The highest BCUT2D eigenvalue weighted by atomic mass is 32.1. The molecule has 1 aromatic heterocycles. The van der Waals surface area contributed by atoms with Crippen LogP contribution in [-0.4, -0.2) is 84.9 Å². The maximum Gasteiger partial charge on any atom is 0.240 e. The van der Waals surface area contributed by atoms with Crippen LogP contribution in [-0.2, 0) is 4.79 Å². The van der Waals surface area contributed by atoms with Gasteiger partial charge in [0.05, 0.1) is 23.9 Å². The molecule has 2 aromatic carbocycles. The van der Waals surface area contributed by atoms with E-state index in [4.69, 9.17) is 9.47 Å². The number of thiazole rings is 1. The van der Waals surface area contributed by atoms with E-state index >= 15 is 0 Å². The van der Waals surface area contributed by atoms with E-state index in [2.05, 4.69) is 20.1 Å². The number of anilines is 1. The first-order valence-electron chi connectivity index (χ1n) is 10.6. The highest BCUT2D eigenvalue weighted by molar-refractivity contribution is 7.22. The number of carbonyl (C=O) groups excluding carboxylic acids is 1. The van der Waals surface area contributed by atoms with Crippen LogP contribution in [0.15, 0.2) is 48.5 Å². The quantitative estimate of drug-likeness (QED) is 0.511. The number of ether oxygens (including phenoxy) is 2. The van der Waals surface area contributed by atoms with Crippen molar-refractivity contribution < 1.29 is 19.4 Å². The van der Waals surface area contributed by atoms with Gasteiger partial charge in [-0.3, -0.25) is 14.6 Å². The third kappa shape index (κ3) is 5.95. The number of benzene rings is 2. The Balaban J connectivity index is 1.17. The minimum Gasteiger partial charge on any atom is -0.493 e. The number of fused-ring (bicyclic) bond motifs is 1. The molecular formula is C23H28N4O4S. The van der Waals surface area contributed by atoms with E-state index in [-0.39, 0.29) is 12.5 Å². The second-order valence-electron chi connectivity index (χ2n) is 7.73. The number of β-amino-alcohol motifs (C(OH)–C–C–N with tert-alkyl or cyclic N) is 1. The molecule has 0 spiro atoms. The monoisotopic (exact) mass is 456 g/mol. The molecule has 8 nitrogen and oxygen atoms in total. The summed E-state index contributed by atoms with van der Waals surface area (Å²) in [5, 5.41) is 13.9. The molecule has 0 bridgehead atoms. The molecule has 2 heterocycles. The number of hydrogen-bond donors (Lipinski definition) is 2. The van der Waals surface area contributed by atoms with Crippen LogP contribution in [0.1, 0.15) is 0 Å². The zero-order valence-electron chi connectivity index (χ0n) is 18.1. The largest absolute Gasteiger partial charge is 0.493 e. The average molecular weight is 457 g/mol. The predicted octanol–water partition coefficient (Wildman–Crippen LogP) is 2.30. The van der Waals surface area contributed by atoms with Crippen molar-refractivity contribution in [1.82, 2.24) is 14.8 Å². The minimum absolute atomic E-state index is 0.0530. The number of rotatable bonds is 9. The lowest BCUT2D eigenvalue weighted by molar-refractivity contribution is -0.117. The third-order valence-electron chi connectivity index (χ3n) is 5.34. The molecule has 3 aromatic rings. The number of para-hydroxylation sites is 3. The fourth-order valence-corrected chi connectivity index (χ4v) is 4.57. The summed E-state index contributed by atoms with van der Waals surface area (Å²) in [6.07, 6.45) is -0.603. The van der Waals surface area contributed by atoms with Crippen LogP contribution in [0.25, 0.3) is 10.2 Å². The van der Waals surface area contributed by atoms with E-state index in [0.29, 0.717) is 29.7 Å². The molecule has 4 rings (SSSR count). The van der Waals surface area contributed by atoms with Gasteiger partial charge in [-0.05, 0) is 24.3 Å². The molecule has 2 N–H and O–H groups in total. The molecule has 1 saturated heterocycles. The Morgan fingerprint density at radius 2 is 1.78 bits per heavy atom. The van der Waals surface area contributed by atoms with Gasteiger partial charge in [0.1, 0.15) is 12.7 Å². The number of hydrogen-bond acceptors (Lipinski definition) is 8. The molecule has 1 aliphatic rings. The van der Waals surface area contributed by atoms with Crippen molar-refractivity contribution in [2.24, 2.45) is 0 Å². The Morgan fingerprint density at radius 3 is 2.53 bits per heavy atom. The number of methoxy groups -OCH3 is 1. The Bertz CT molecular complexity index is 1000. The van der Waals surface area contributed by atoms with Crippen LogP contribution in [0, 0.1) is 0 Å². The van der Waals surface area contributed by atoms with E-state index in [0.717, 1.165) is 36.4 Å². The summed E-state index contributed by atoms with van der Waals surface area (Å²) in [6, 6.07) is 15.2. The van der Waals surface area contributed by atoms with Crippen molar-refractivity contribution in [2.75, 3.05) is 58.3 Å². The smallest absolute Gasteiger partial charge is 0.240 e. The molecule has 9 heteroatoms. The van der Waals surface area contributed by atoms with Gasteiger partial charge in [0.15, 0.2) is 16.6 Å². The molecule has 1 aliphatic heterocycles. The van der Waals surface area contributed by atoms with Gasteiger partial charge in [-0.1, -0.05) is 35.6 Å².